The minimum absolute atomic E-state index is 0.0105. The van der Waals surface area contributed by atoms with Crippen LogP contribution in [-0.4, -0.2) is 34.3 Å². The molecule has 0 radical (unpaired) electrons. The largest absolute Gasteiger partial charge is 0.509 e. The Hall–Kier alpha value is -4.09. The van der Waals surface area contributed by atoms with Crippen molar-refractivity contribution in [3.05, 3.63) is 102 Å². The highest BCUT2D eigenvalue weighted by molar-refractivity contribution is 7.92. The van der Waals surface area contributed by atoms with Crippen molar-refractivity contribution < 1.29 is 32.2 Å². The van der Waals surface area contributed by atoms with Crippen LogP contribution in [0, 0.1) is 11.8 Å². The van der Waals surface area contributed by atoms with Crippen LogP contribution in [0.2, 0.25) is 0 Å². The van der Waals surface area contributed by atoms with E-state index in [1.807, 2.05) is 0 Å². The third kappa shape index (κ3) is 6.28. The van der Waals surface area contributed by atoms with E-state index in [9.17, 15) is 18.0 Å². The van der Waals surface area contributed by atoms with Crippen LogP contribution in [0.25, 0.3) is 0 Å². The van der Waals surface area contributed by atoms with Crippen LogP contribution < -0.4 is 0 Å². The second kappa shape index (κ2) is 11.9. The van der Waals surface area contributed by atoms with Gasteiger partial charge in [0.05, 0.1) is 18.6 Å². The van der Waals surface area contributed by atoms with Crippen LogP contribution in [0.15, 0.2) is 89.8 Å². The summed E-state index contributed by atoms with van der Waals surface area (Å²) in [7, 11) is -2.97. The van der Waals surface area contributed by atoms with E-state index in [0.717, 1.165) is 0 Å². The third-order valence-electron chi connectivity index (χ3n) is 4.95. The van der Waals surface area contributed by atoms with Crippen molar-refractivity contribution in [1.82, 2.24) is 0 Å². The van der Waals surface area contributed by atoms with Gasteiger partial charge in [-0.3, -0.25) is 4.79 Å². The first kappa shape index (κ1) is 25.5. The van der Waals surface area contributed by atoms with E-state index in [-0.39, 0.29) is 22.6 Å². The molecule has 0 aliphatic rings. The highest BCUT2D eigenvalue weighted by Crippen LogP contribution is 2.32. The minimum Gasteiger partial charge on any atom is -0.465 e. The fraction of sp³-hybridized carbons (Fsp3) is 0.185. The summed E-state index contributed by atoms with van der Waals surface area (Å²) >= 11 is 0. The number of esters is 1. The second-order valence-electron chi connectivity index (χ2n) is 7.21. The predicted molar refractivity (Wildman–Crippen MR) is 129 cm³/mol. The van der Waals surface area contributed by atoms with Crippen molar-refractivity contribution >= 4 is 22.0 Å². The molecule has 3 aromatic carbocycles. The maximum Gasteiger partial charge on any atom is 0.509 e. The smallest absolute Gasteiger partial charge is 0.465 e. The van der Waals surface area contributed by atoms with Gasteiger partial charge in [0.25, 0.3) is 0 Å². The van der Waals surface area contributed by atoms with Crippen molar-refractivity contribution in [3.8, 4) is 11.8 Å². The Labute approximate surface area is 204 Å². The molecule has 0 bridgehead atoms. The summed E-state index contributed by atoms with van der Waals surface area (Å²) in [6, 6.07) is 22.9. The van der Waals surface area contributed by atoms with Crippen LogP contribution in [0.4, 0.5) is 4.79 Å². The molecule has 7 nitrogen and oxygen atoms in total. The Morgan fingerprint density at radius 1 is 0.886 bits per heavy atom. The van der Waals surface area contributed by atoms with Crippen molar-refractivity contribution in [2.24, 2.45) is 0 Å². The lowest BCUT2D eigenvalue weighted by molar-refractivity contribution is -0.142. The van der Waals surface area contributed by atoms with Crippen LogP contribution >= 0.6 is 0 Å². The number of rotatable bonds is 7. The number of carbonyl (C=O) groups excluding carboxylic acids is 2. The van der Waals surface area contributed by atoms with Crippen LogP contribution in [0.3, 0.4) is 0 Å². The molecule has 180 valence electrons. The van der Waals surface area contributed by atoms with Gasteiger partial charge in [0.15, 0.2) is 21.2 Å². The third-order valence-corrected chi connectivity index (χ3v) is 6.94. The van der Waals surface area contributed by atoms with Gasteiger partial charge in [0.2, 0.25) is 0 Å². The quantitative estimate of drug-likeness (QED) is 0.350. The number of hydrogen-bond donors (Lipinski definition) is 0. The van der Waals surface area contributed by atoms with E-state index in [0.29, 0.717) is 5.56 Å². The average Bonchev–Trinajstić information content (AvgIpc) is 2.88. The Balaban J connectivity index is 2.11. The van der Waals surface area contributed by atoms with Crippen LogP contribution in [-0.2, 0) is 28.8 Å². The topological polar surface area (TPSA) is 96.0 Å². The average molecular weight is 493 g/mol. The van der Waals surface area contributed by atoms with Gasteiger partial charge in [-0.05, 0) is 36.6 Å². The van der Waals surface area contributed by atoms with Gasteiger partial charge < -0.3 is 14.2 Å². The molecule has 0 fully saturated rings. The standard InChI is InChI=1S/C27H24O7S/c1-3-33-26(28)25(35(30,31)22-15-8-5-9-16-22)23-17-11-10-12-20(23)18-19-24(34-27(29)32-2)21-13-6-4-7-14-21/h4-17,24-25H,3H2,1-2H3. The molecule has 0 spiro atoms. The summed E-state index contributed by atoms with van der Waals surface area (Å²) in [5, 5.41) is -1.63. The van der Waals surface area contributed by atoms with Crippen LogP contribution in [0.5, 0.6) is 0 Å². The molecule has 0 saturated carbocycles. The first-order valence-corrected chi connectivity index (χ1v) is 12.3. The summed E-state index contributed by atoms with van der Waals surface area (Å²) in [5.74, 6) is 4.84. The maximum absolute atomic E-state index is 13.5. The summed E-state index contributed by atoms with van der Waals surface area (Å²) in [5.41, 5.74) is 1.04. The van der Waals surface area contributed by atoms with E-state index in [2.05, 4.69) is 16.6 Å². The van der Waals surface area contributed by atoms with Crippen molar-refractivity contribution in [2.75, 3.05) is 13.7 Å². The highest BCUT2D eigenvalue weighted by Gasteiger charge is 2.38. The summed E-state index contributed by atoms with van der Waals surface area (Å²) in [6.07, 6.45) is -1.90. The van der Waals surface area contributed by atoms with Gasteiger partial charge in [0, 0.05) is 11.1 Å². The minimum atomic E-state index is -4.16. The monoisotopic (exact) mass is 492 g/mol. The second-order valence-corrected chi connectivity index (χ2v) is 9.24. The fourth-order valence-corrected chi connectivity index (χ4v) is 4.99. The maximum atomic E-state index is 13.5. The molecule has 3 aromatic rings. The van der Waals surface area contributed by atoms with E-state index < -0.39 is 33.3 Å². The zero-order valence-electron chi connectivity index (χ0n) is 19.2. The lowest BCUT2D eigenvalue weighted by Gasteiger charge is -2.18. The molecule has 0 aliphatic carbocycles. The van der Waals surface area contributed by atoms with Gasteiger partial charge in [-0.1, -0.05) is 72.7 Å². The van der Waals surface area contributed by atoms with Crippen molar-refractivity contribution in [3.63, 3.8) is 0 Å². The molecule has 2 atom stereocenters. The zero-order chi connectivity index (χ0) is 25.3. The molecular formula is C27H24O7S. The fourth-order valence-electron chi connectivity index (χ4n) is 3.32. The molecule has 0 aromatic heterocycles. The van der Waals surface area contributed by atoms with Crippen molar-refractivity contribution in [2.45, 2.75) is 23.2 Å². The Morgan fingerprint density at radius 3 is 2.11 bits per heavy atom. The number of carbonyl (C=O) groups is 2. The SMILES string of the molecule is CCOC(=O)C(c1ccccc1C#CC(OC(=O)OC)c1ccccc1)S(=O)(=O)c1ccccc1. The van der Waals surface area contributed by atoms with E-state index in [4.69, 9.17) is 9.47 Å². The van der Waals surface area contributed by atoms with Crippen LogP contribution in [0.1, 0.15) is 35.0 Å². The van der Waals surface area contributed by atoms with E-state index >= 15 is 0 Å². The highest BCUT2D eigenvalue weighted by atomic mass is 32.2. The molecule has 35 heavy (non-hydrogen) atoms. The molecule has 0 N–H and O–H groups in total. The number of sulfone groups is 1. The normalized spacial score (nSPS) is 12.4. The molecule has 0 heterocycles. The molecule has 0 saturated heterocycles. The number of methoxy groups -OCH3 is 1. The number of hydrogen-bond acceptors (Lipinski definition) is 7. The Bertz CT molecular complexity index is 1320. The Morgan fingerprint density at radius 2 is 1.49 bits per heavy atom. The zero-order valence-corrected chi connectivity index (χ0v) is 20.0. The van der Waals surface area contributed by atoms with Gasteiger partial charge in [-0.15, -0.1) is 0 Å². The van der Waals surface area contributed by atoms with E-state index in [1.165, 1.54) is 25.3 Å². The first-order valence-electron chi connectivity index (χ1n) is 10.7. The predicted octanol–water partition coefficient (Wildman–Crippen LogP) is 4.64. The lowest BCUT2D eigenvalue weighted by Crippen LogP contribution is -2.25. The van der Waals surface area contributed by atoms with E-state index in [1.54, 1.807) is 73.7 Å². The van der Waals surface area contributed by atoms with Gasteiger partial charge in [-0.2, -0.15) is 0 Å². The van der Waals surface area contributed by atoms with Gasteiger partial charge in [-0.25, -0.2) is 13.2 Å². The molecule has 2 unspecified atom stereocenters. The molecule has 3 rings (SSSR count). The number of ether oxygens (including phenoxy) is 3. The Kier molecular flexibility index (Phi) is 8.65. The molecule has 8 heteroatoms. The first-order chi connectivity index (χ1) is 16.9. The van der Waals surface area contributed by atoms with Gasteiger partial charge >= 0.3 is 12.1 Å². The number of benzene rings is 3. The van der Waals surface area contributed by atoms with Gasteiger partial charge in [0.1, 0.15) is 0 Å². The summed E-state index contributed by atoms with van der Waals surface area (Å²) in [4.78, 5) is 24.7. The summed E-state index contributed by atoms with van der Waals surface area (Å²) < 4.78 is 42.0. The molecule has 0 amide bonds. The van der Waals surface area contributed by atoms with Crippen molar-refractivity contribution in [1.29, 1.82) is 0 Å². The molecule has 0 aliphatic heterocycles. The molecular weight excluding hydrogens is 468 g/mol. The summed E-state index contributed by atoms with van der Waals surface area (Å²) in [6.45, 7) is 1.61. The lowest BCUT2D eigenvalue weighted by atomic mass is 10.0.